The van der Waals surface area contributed by atoms with E-state index in [1.165, 1.54) is 0 Å². The van der Waals surface area contributed by atoms with Crippen molar-refractivity contribution in [3.63, 3.8) is 0 Å². The molecule has 0 spiro atoms. The van der Waals surface area contributed by atoms with E-state index in [0.717, 1.165) is 11.3 Å². The minimum atomic E-state index is -1.22. The predicted molar refractivity (Wildman–Crippen MR) is 114 cm³/mol. The molecule has 2 aromatic rings. The van der Waals surface area contributed by atoms with Crippen LogP contribution in [0.2, 0.25) is 0 Å². The first-order valence-electron chi connectivity index (χ1n) is 10.1. The van der Waals surface area contributed by atoms with Gasteiger partial charge in [-0.3, -0.25) is 14.6 Å². The highest BCUT2D eigenvalue weighted by atomic mass is 16.5. The first kappa shape index (κ1) is 22.7. The van der Waals surface area contributed by atoms with Crippen molar-refractivity contribution in [1.82, 2.24) is 15.6 Å². The third-order valence-corrected chi connectivity index (χ3v) is 5.17. The summed E-state index contributed by atoms with van der Waals surface area (Å²) >= 11 is 0. The Morgan fingerprint density at radius 1 is 1.06 bits per heavy atom. The number of carbonyl (C=O) groups is 2. The number of aliphatic hydroxyl groups excluding tert-OH is 2. The molecule has 2 amide bonds. The van der Waals surface area contributed by atoms with Crippen molar-refractivity contribution in [2.24, 2.45) is 0 Å². The van der Waals surface area contributed by atoms with E-state index in [0.29, 0.717) is 12.1 Å². The van der Waals surface area contributed by atoms with Gasteiger partial charge in [-0.1, -0.05) is 6.07 Å². The smallest absolute Gasteiger partial charge is 0.251 e. The fourth-order valence-corrected chi connectivity index (χ4v) is 3.33. The zero-order valence-electron chi connectivity index (χ0n) is 17.6. The van der Waals surface area contributed by atoms with Gasteiger partial charge < -0.3 is 30.5 Å². The highest BCUT2D eigenvalue weighted by molar-refractivity contribution is 5.94. The maximum Gasteiger partial charge on any atom is 0.251 e. The summed E-state index contributed by atoms with van der Waals surface area (Å²) in [5, 5.41) is 25.9. The topological polar surface area (TPSA) is 124 Å². The molecule has 2 heterocycles. The summed E-state index contributed by atoms with van der Waals surface area (Å²) < 4.78 is 5.65. The van der Waals surface area contributed by atoms with Crippen LogP contribution >= 0.6 is 0 Å². The number of nitrogens with zero attached hydrogens (tertiary/aromatic N) is 2. The summed E-state index contributed by atoms with van der Waals surface area (Å²) in [5.74, 6) is -0.626. The molecule has 9 nitrogen and oxygen atoms in total. The number of ether oxygens (including phenoxy) is 1. The Kier molecular flexibility index (Phi) is 7.56. The van der Waals surface area contributed by atoms with Crippen molar-refractivity contribution < 1.29 is 24.5 Å². The maximum absolute atomic E-state index is 12.4. The third-order valence-electron chi connectivity index (χ3n) is 5.17. The van der Waals surface area contributed by atoms with E-state index in [2.05, 4.69) is 15.6 Å². The monoisotopic (exact) mass is 428 g/mol. The van der Waals surface area contributed by atoms with Crippen molar-refractivity contribution in [3.8, 4) is 0 Å². The molecule has 1 saturated heterocycles. The molecule has 0 saturated carbocycles. The number of aromatic nitrogens is 1. The molecule has 166 valence electrons. The molecule has 3 rings (SSSR count). The van der Waals surface area contributed by atoms with E-state index >= 15 is 0 Å². The second-order valence-electron chi connectivity index (χ2n) is 7.69. The Bertz CT molecular complexity index is 875. The number of amides is 2. The van der Waals surface area contributed by atoms with Crippen molar-refractivity contribution in [2.75, 3.05) is 25.5 Å². The van der Waals surface area contributed by atoms with Gasteiger partial charge in [0.15, 0.2) is 0 Å². The molecule has 9 heteroatoms. The Morgan fingerprint density at radius 3 is 2.42 bits per heavy atom. The average Bonchev–Trinajstić information content (AvgIpc) is 3.04. The highest BCUT2D eigenvalue weighted by Gasteiger charge is 2.43. The Hall–Kier alpha value is -3.01. The van der Waals surface area contributed by atoms with Crippen LogP contribution in [0.5, 0.6) is 0 Å². The molecule has 0 bridgehead atoms. The fraction of sp³-hybridized carbons (Fsp3) is 0.409. The van der Waals surface area contributed by atoms with Gasteiger partial charge in [-0.05, 0) is 35.9 Å². The van der Waals surface area contributed by atoms with E-state index in [-0.39, 0.29) is 24.8 Å². The van der Waals surface area contributed by atoms with Crippen LogP contribution in [-0.4, -0.2) is 72.1 Å². The molecule has 1 aliphatic heterocycles. The van der Waals surface area contributed by atoms with Gasteiger partial charge in [-0.25, -0.2) is 0 Å². The number of hydrogen-bond acceptors (Lipinski definition) is 7. The van der Waals surface area contributed by atoms with Crippen LogP contribution < -0.4 is 15.5 Å². The summed E-state index contributed by atoms with van der Waals surface area (Å²) in [4.78, 5) is 30.4. The molecular weight excluding hydrogens is 400 g/mol. The summed E-state index contributed by atoms with van der Waals surface area (Å²) in [6.45, 7) is 0.324. The van der Waals surface area contributed by atoms with Gasteiger partial charge in [0, 0.05) is 50.8 Å². The van der Waals surface area contributed by atoms with Crippen molar-refractivity contribution >= 4 is 17.5 Å². The molecule has 4 atom stereocenters. The van der Waals surface area contributed by atoms with Gasteiger partial charge >= 0.3 is 0 Å². The van der Waals surface area contributed by atoms with Crippen LogP contribution in [0.3, 0.4) is 0 Å². The molecule has 0 unspecified atom stereocenters. The quantitative estimate of drug-likeness (QED) is 0.469. The van der Waals surface area contributed by atoms with E-state index in [1.807, 2.05) is 37.2 Å². The lowest BCUT2D eigenvalue weighted by Crippen LogP contribution is -2.40. The molecule has 0 aliphatic carbocycles. The van der Waals surface area contributed by atoms with Crippen molar-refractivity contribution in [1.29, 1.82) is 0 Å². The van der Waals surface area contributed by atoms with Gasteiger partial charge in [0.2, 0.25) is 5.91 Å². The number of nitrogens with one attached hydrogen (secondary N) is 2. The number of rotatable bonds is 8. The second-order valence-corrected chi connectivity index (χ2v) is 7.69. The number of aliphatic hydroxyl groups is 2. The SMILES string of the molecule is CN(C)c1ccc(C(=O)NC[C@H]2O[C@@H](CC(=O)NCc3cccnc3)[C@H](O)[C@@H]2O)cc1. The molecule has 1 aliphatic rings. The summed E-state index contributed by atoms with van der Waals surface area (Å²) in [6, 6.07) is 10.7. The van der Waals surface area contributed by atoms with E-state index in [1.54, 1.807) is 30.6 Å². The van der Waals surface area contributed by atoms with Crippen LogP contribution in [0.4, 0.5) is 5.69 Å². The van der Waals surface area contributed by atoms with Gasteiger partial charge in [0.05, 0.1) is 12.5 Å². The molecule has 1 aromatic carbocycles. The van der Waals surface area contributed by atoms with Gasteiger partial charge in [0.25, 0.3) is 5.91 Å². The Balaban J connectivity index is 1.47. The minimum absolute atomic E-state index is 0.0142. The number of anilines is 1. The molecule has 31 heavy (non-hydrogen) atoms. The van der Waals surface area contributed by atoms with Crippen LogP contribution in [-0.2, 0) is 16.1 Å². The van der Waals surface area contributed by atoms with Crippen LogP contribution in [0, 0.1) is 0 Å². The summed E-state index contributed by atoms with van der Waals surface area (Å²) in [6.07, 6.45) is -0.890. The normalized spacial score (nSPS) is 22.7. The molecule has 1 fully saturated rings. The van der Waals surface area contributed by atoms with Gasteiger partial charge in [-0.2, -0.15) is 0 Å². The number of carbonyl (C=O) groups excluding carboxylic acids is 2. The first-order chi connectivity index (χ1) is 14.8. The summed E-state index contributed by atoms with van der Waals surface area (Å²) in [7, 11) is 3.82. The van der Waals surface area contributed by atoms with Crippen LogP contribution in [0.15, 0.2) is 48.8 Å². The van der Waals surface area contributed by atoms with E-state index in [9.17, 15) is 19.8 Å². The molecule has 0 radical (unpaired) electrons. The average molecular weight is 428 g/mol. The van der Waals surface area contributed by atoms with E-state index in [4.69, 9.17) is 4.74 Å². The van der Waals surface area contributed by atoms with Gasteiger partial charge in [-0.15, -0.1) is 0 Å². The highest BCUT2D eigenvalue weighted by Crippen LogP contribution is 2.23. The lowest BCUT2D eigenvalue weighted by atomic mass is 10.1. The van der Waals surface area contributed by atoms with Crippen LogP contribution in [0.25, 0.3) is 0 Å². The zero-order valence-corrected chi connectivity index (χ0v) is 17.6. The third kappa shape index (κ3) is 6.00. The predicted octanol–water partition coefficient (Wildman–Crippen LogP) is 0.0731. The lowest BCUT2D eigenvalue weighted by molar-refractivity contribution is -0.125. The fourth-order valence-electron chi connectivity index (χ4n) is 3.33. The number of benzene rings is 1. The standard InChI is InChI=1S/C22H28N4O5/c1-26(2)16-7-5-15(6-8-16)22(30)25-13-18-21(29)20(28)17(31-18)10-19(27)24-12-14-4-3-9-23-11-14/h3-9,11,17-18,20-21,28-29H,10,12-13H2,1-2H3,(H,24,27)(H,25,30)/t17-,18+,20-,21+/m0/s1. The molecule has 1 aromatic heterocycles. The van der Waals surface area contributed by atoms with E-state index < -0.39 is 24.4 Å². The summed E-state index contributed by atoms with van der Waals surface area (Å²) in [5.41, 5.74) is 2.30. The first-order valence-corrected chi connectivity index (χ1v) is 10.1. The van der Waals surface area contributed by atoms with Crippen molar-refractivity contribution in [3.05, 3.63) is 59.9 Å². The number of pyridine rings is 1. The molecule has 4 N–H and O–H groups in total. The lowest BCUT2D eigenvalue weighted by Gasteiger charge is -2.16. The largest absolute Gasteiger partial charge is 0.388 e. The minimum Gasteiger partial charge on any atom is -0.388 e. The van der Waals surface area contributed by atoms with Gasteiger partial charge in [0.1, 0.15) is 18.3 Å². The van der Waals surface area contributed by atoms with Crippen LogP contribution in [0.1, 0.15) is 22.3 Å². The van der Waals surface area contributed by atoms with Crippen molar-refractivity contribution in [2.45, 2.75) is 37.4 Å². The Labute approximate surface area is 181 Å². The number of hydrogen-bond donors (Lipinski definition) is 4. The second kappa shape index (κ2) is 10.3. The Morgan fingerprint density at radius 2 is 1.77 bits per heavy atom. The maximum atomic E-state index is 12.4. The molecular formula is C22H28N4O5. The zero-order chi connectivity index (χ0) is 22.4.